The maximum Gasteiger partial charge on any atom is 0.308 e. The first-order chi connectivity index (χ1) is 14.5. The topological polar surface area (TPSA) is 115 Å². The number of rotatable bonds is 7. The van der Waals surface area contributed by atoms with Crippen molar-refractivity contribution in [2.24, 2.45) is 5.10 Å². The Hall–Kier alpha value is -4.14. The Kier molecular flexibility index (Phi) is 6.43. The van der Waals surface area contributed by atoms with Crippen LogP contribution in [0.15, 0.2) is 53.6 Å². The summed E-state index contributed by atoms with van der Waals surface area (Å²) in [6, 6.07) is 14.3. The number of benzene rings is 2. The molecule has 2 N–H and O–H groups in total. The van der Waals surface area contributed by atoms with Crippen LogP contribution in [0.4, 0.5) is 0 Å². The van der Waals surface area contributed by atoms with E-state index in [0.29, 0.717) is 22.8 Å². The fourth-order valence-corrected chi connectivity index (χ4v) is 2.64. The summed E-state index contributed by atoms with van der Waals surface area (Å²) in [6.45, 7) is 1.28. The Morgan fingerprint density at radius 3 is 2.33 bits per heavy atom. The second kappa shape index (κ2) is 9.37. The summed E-state index contributed by atoms with van der Waals surface area (Å²) in [6.07, 6.45) is 1.41. The van der Waals surface area contributed by atoms with Crippen LogP contribution >= 0.6 is 0 Å². The van der Waals surface area contributed by atoms with Crippen molar-refractivity contribution < 1.29 is 23.8 Å². The summed E-state index contributed by atoms with van der Waals surface area (Å²) < 4.78 is 15.6. The zero-order valence-corrected chi connectivity index (χ0v) is 16.6. The molecule has 1 amide bonds. The van der Waals surface area contributed by atoms with Gasteiger partial charge in [0, 0.05) is 18.1 Å². The van der Waals surface area contributed by atoms with Crippen LogP contribution < -0.4 is 19.6 Å². The minimum atomic E-state index is -0.505. The number of esters is 1. The van der Waals surface area contributed by atoms with Crippen molar-refractivity contribution in [1.82, 2.24) is 15.6 Å². The van der Waals surface area contributed by atoms with Crippen LogP contribution in [0.1, 0.15) is 23.0 Å². The lowest BCUT2D eigenvalue weighted by Gasteiger charge is -2.13. The lowest BCUT2D eigenvalue weighted by Crippen LogP contribution is -2.18. The fourth-order valence-electron chi connectivity index (χ4n) is 2.64. The number of hydrogen-bond acceptors (Lipinski definition) is 7. The summed E-state index contributed by atoms with van der Waals surface area (Å²) >= 11 is 0. The predicted molar refractivity (Wildman–Crippen MR) is 110 cm³/mol. The normalized spacial score (nSPS) is 10.6. The average Bonchev–Trinajstić information content (AvgIpc) is 3.25. The van der Waals surface area contributed by atoms with Crippen LogP contribution in [0.5, 0.6) is 17.2 Å². The number of ether oxygens (including phenoxy) is 3. The van der Waals surface area contributed by atoms with Crippen molar-refractivity contribution in [3.63, 3.8) is 0 Å². The summed E-state index contributed by atoms with van der Waals surface area (Å²) in [7, 11) is 2.88. The third-order valence-corrected chi connectivity index (χ3v) is 4.00. The van der Waals surface area contributed by atoms with Gasteiger partial charge in [-0.3, -0.25) is 14.7 Å². The molecule has 0 aliphatic rings. The van der Waals surface area contributed by atoms with Gasteiger partial charge in [0.2, 0.25) is 5.75 Å². The lowest BCUT2D eigenvalue weighted by molar-refractivity contribution is -0.132. The molecule has 9 nitrogen and oxygen atoms in total. The molecule has 0 aliphatic carbocycles. The van der Waals surface area contributed by atoms with E-state index in [0.717, 1.165) is 5.56 Å². The minimum Gasteiger partial charge on any atom is -0.493 e. The van der Waals surface area contributed by atoms with Crippen LogP contribution in [0.3, 0.4) is 0 Å². The number of H-pyrrole nitrogens is 1. The van der Waals surface area contributed by atoms with Crippen molar-refractivity contribution in [2.75, 3.05) is 14.2 Å². The largest absolute Gasteiger partial charge is 0.493 e. The molecule has 0 fully saturated rings. The first-order valence-electron chi connectivity index (χ1n) is 8.90. The van der Waals surface area contributed by atoms with E-state index in [2.05, 4.69) is 20.7 Å². The van der Waals surface area contributed by atoms with Crippen molar-refractivity contribution >= 4 is 18.1 Å². The highest BCUT2D eigenvalue weighted by Gasteiger charge is 2.16. The van der Waals surface area contributed by atoms with Crippen LogP contribution in [0.25, 0.3) is 11.3 Å². The van der Waals surface area contributed by atoms with Gasteiger partial charge in [0.15, 0.2) is 11.5 Å². The van der Waals surface area contributed by atoms with Crippen molar-refractivity contribution in [3.8, 4) is 28.5 Å². The maximum absolute atomic E-state index is 12.3. The first kappa shape index (κ1) is 20.6. The van der Waals surface area contributed by atoms with Gasteiger partial charge >= 0.3 is 5.97 Å². The standard InChI is InChI=1S/C21H20N4O5/c1-13(26)30-20-18(28-2)9-14(10-19(20)29-3)12-22-25-21(27)17-11-16(23-24-17)15-7-5-4-6-8-15/h4-12H,1-3H3,(H,23,24)(H,25,27)/b22-12+. The van der Waals surface area contributed by atoms with Crippen molar-refractivity contribution in [2.45, 2.75) is 6.92 Å². The van der Waals surface area contributed by atoms with Gasteiger partial charge in [0.25, 0.3) is 5.91 Å². The summed E-state index contributed by atoms with van der Waals surface area (Å²) in [5.74, 6) is -0.206. The van der Waals surface area contributed by atoms with Gasteiger partial charge in [0.05, 0.1) is 26.1 Å². The average molecular weight is 408 g/mol. The highest BCUT2D eigenvalue weighted by molar-refractivity contribution is 5.94. The zero-order chi connectivity index (χ0) is 21.5. The molecule has 0 aliphatic heterocycles. The third kappa shape index (κ3) is 4.82. The first-order valence-corrected chi connectivity index (χ1v) is 8.90. The lowest BCUT2D eigenvalue weighted by atomic mass is 10.1. The minimum absolute atomic E-state index is 0.166. The molecule has 1 aromatic heterocycles. The molecule has 0 bridgehead atoms. The van der Waals surface area contributed by atoms with E-state index in [1.54, 1.807) is 18.2 Å². The molecule has 30 heavy (non-hydrogen) atoms. The Morgan fingerprint density at radius 2 is 1.73 bits per heavy atom. The number of carbonyl (C=O) groups excluding carboxylic acids is 2. The molecule has 0 saturated heterocycles. The molecule has 2 aromatic carbocycles. The van der Waals surface area contributed by atoms with Crippen LogP contribution in [-0.4, -0.2) is 42.5 Å². The predicted octanol–water partition coefficient (Wildman–Crippen LogP) is 2.78. The van der Waals surface area contributed by atoms with Gasteiger partial charge in [-0.15, -0.1) is 0 Å². The summed E-state index contributed by atoms with van der Waals surface area (Å²) in [5.41, 5.74) is 4.81. The number of hydrazone groups is 1. The summed E-state index contributed by atoms with van der Waals surface area (Å²) in [4.78, 5) is 23.6. The van der Waals surface area contributed by atoms with E-state index in [1.807, 2.05) is 30.3 Å². The summed E-state index contributed by atoms with van der Waals surface area (Å²) in [5, 5.41) is 10.8. The molecule has 3 rings (SSSR count). The van der Waals surface area contributed by atoms with Crippen molar-refractivity contribution in [1.29, 1.82) is 0 Å². The number of nitrogens with one attached hydrogen (secondary N) is 2. The third-order valence-electron chi connectivity index (χ3n) is 4.00. The molecule has 3 aromatic rings. The number of nitrogens with zero attached hydrogens (tertiary/aromatic N) is 2. The second-order valence-electron chi connectivity index (χ2n) is 6.08. The number of carbonyl (C=O) groups is 2. The number of hydrogen-bond donors (Lipinski definition) is 2. The second-order valence-corrected chi connectivity index (χ2v) is 6.08. The molecule has 1 heterocycles. The maximum atomic E-state index is 12.3. The quantitative estimate of drug-likeness (QED) is 0.269. The number of amides is 1. The number of aromatic nitrogens is 2. The van der Waals surface area contributed by atoms with E-state index < -0.39 is 11.9 Å². The van der Waals surface area contributed by atoms with E-state index in [-0.39, 0.29) is 11.4 Å². The number of methoxy groups -OCH3 is 2. The Labute approximate surface area is 172 Å². The highest BCUT2D eigenvalue weighted by Crippen LogP contribution is 2.38. The molecule has 0 radical (unpaired) electrons. The smallest absolute Gasteiger partial charge is 0.308 e. The van der Waals surface area contributed by atoms with Gasteiger partial charge in [-0.2, -0.15) is 10.2 Å². The van der Waals surface area contributed by atoms with Gasteiger partial charge in [-0.1, -0.05) is 30.3 Å². The van der Waals surface area contributed by atoms with Crippen molar-refractivity contribution in [3.05, 3.63) is 59.8 Å². The van der Waals surface area contributed by atoms with Gasteiger partial charge < -0.3 is 14.2 Å². The van der Waals surface area contributed by atoms with E-state index in [4.69, 9.17) is 14.2 Å². The molecule has 0 spiro atoms. The Morgan fingerprint density at radius 1 is 1.07 bits per heavy atom. The van der Waals surface area contributed by atoms with E-state index in [1.165, 1.54) is 27.4 Å². The SMILES string of the molecule is COc1cc(/C=N/NC(=O)c2cc(-c3ccccc3)n[nH]2)cc(OC)c1OC(C)=O. The monoisotopic (exact) mass is 408 g/mol. The Bertz CT molecular complexity index is 1050. The van der Waals surface area contributed by atoms with Crippen LogP contribution in [0.2, 0.25) is 0 Å². The highest BCUT2D eigenvalue weighted by atomic mass is 16.6. The molecule has 0 saturated carbocycles. The molecular weight excluding hydrogens is 388 g/mol. The Balaban J connectivity index is 1.72. The molecular formula is C21H20N4O5. The molecule has 0 atom stereocenters. The fraction of sp³-hybridized carbons (Fsp3) is 0.143. The van der Waals surface area contributed by atoms with Crippen LogP contribution in [0, 0.1) is 0 Å². The van der Waals surface area contributed by atoms with Gasteiger partial charge in [-0.05, 0) is 18.2 Å². The van der Waals surface area contributed by atoms with E-state index in [9.17, 15) is 9.59 Å². The van der Waals surface area contributed by atoms with Gasteiger partial charge in [-0.25, -0.2) is 5.43 Å². The van der Waals surface area contributed by atoms with Crippen LogP contribution in [-0.2, 0) is 4.79 Å². The molecule has 9 heteroatoms. The van der Waals surface area contributed by atoms with Gasteiger partial charge in [0.1, 0.15) is 5.69 Å². The molecule has 154 valence electrons. The zero-order valence-electron chi connectivity index (χ0n) is 16.6. The molecule has 0 unspecified atom stereocenters. The van der Waals surface area contributed by atoms with E-state index >= 15 is 0 Å². The number of aromatic amines is 1.